The van der Waals surface area contributed by atoms with Crippen molar-refractivity contribution in [3.8, 4) is 0 Å². The highest BCUT2D eigenvalue weighted by Gasteiger charge is 2.50. The molecular formula is C17H25N. The van der Waals surface area contributed by atoms with Crippen molar-refractivity contribution in [3.63, 3.8) is 0 Å². The Labute approximate surface area is 111 Å². The van der Waals surface area contributed by atoms with Crippen LogP contribution < -0.4 is 5.32 Å². The van der Waals surface area contributed by atoms with Crippen LogP contribution in [0.4, 0.5) is 0 Å². The molecule has 1 heteroatoms. The summed E-state index contributed by atoms with van der Waals surface area (Å²) in [5, 5.41) is 4.00. The minimum Gasteiger partial charge on any atom is -0.307 e. The first kappa shape index (κ1) is 11.3. The van der Waals surface area contributed by atoms with Crippen LogP contribution >= 0.6 is 0 Å². The zero-order chi connectivity index (χ0) is 12.2. The molecule has 0 heterocycles. The second kappa shape index (κ2) is 3.96. The fourth-order valence-electron chi connectivity index (χ4n) is 5.49. The molecule has 0 aromatic carbocycles. The van der Waals surface area contributed by atoms with Gasteiger partial charge in [-0.3, -0.25) is 0 Å². The van der Waals surface area contributed by atoms with Gasteiger partial charge in [0.05, 0.1) is 0 Å². The third-order valence-corrected chi connectivity index (χ3v) is 6.00. The Morgan fingerprint density at radius 2 is 1.72 bits per heavy atom. The van der Waals surface area contributed by atoms with Gasteiger partial charge in [0, 0.05) is 12.1 Å². The Bertz CT molecular complexity index is 380. The van der Waals surface area contributed by atoms with Gasteiger partial charge in [-0.2, -0.15) is 0 Å². The number of nitrogens with one attached hydrogen (secondary N) is 1. The molecule has 5 rings (SSSR count). The van der Waals surface area contributed by atoms with Crippen LogP contribution in [0.1, 0.15) is 51.9 Å². The van der Waals surface area contributed by atoms with Crippen molar-refractivity contribution >= 4 is 0 Å². The van der Waals surface area contributed by atoms with Crippen LogP contribution in [0.15, 0.2) is 23.3 Å². The Hall–Kier alpha value is -0.560. The molecule has 98 valence electrons. The zero-order valence-electron chi connectivity index (χ0n) is 11.5. The van der Waals surface area contributed by atoms with E-state index in [9.17, 15) is 0 Å². The van der Waals surface area contributed by atoms with Crippen molar-refractivity contribution in [3.05, 3.63) is 23.3 Å². The molecule has 4 bridgehead atoms. The second-order valence-corrected chi connectivity index (χ2v) is 7.44. The maximum Gasteiger partial charge on any atom is 0.0192 e. The lowest BCUT2D eigenvalue weighted by molar-refractivity contribution is -0.0182. The summed E-state index contributed by atoms with van der Waals surface area (Å²) in [7, 11) is 0. The maximum atomic E-state index is 4.00. The van der Waals surface area contributed by atoms with Crippen molar-refractivity contribution < 1.29 is 0 Å². The number of allylic oxidation sites excluding steroid dienone is 3. The molecule has 5 aliphatic rings. The largest absolute Gasteiger partial charge is 0.307 e. The topological polar surface area (TPSA) is 12.0 Å². The molecule has 0 aromatic heterocycles. The third-order valence-electron chi connectivity index (χ3n) is 6.00. The molecule has 18 heavy (non-hydrogen) atoms. The van der Waals surface area contributed by atoms with E-state index < -0.39 is 0 Å². The molecule has 1 N–H and O–H groups in total. The lowest BCUT2D eigenvalue weighted by Crippen LogP contribution is -2.58. The summed E-state index contributed by atoms with van der Waals surface area (Å²) in [5.41, 5.74) is 3.67. The van der Waals surface area contributed by atoms with E-state index in [2.05, 4.69) is 24.4 Å². The van der Waals surface area contributed by atoms with Crippen LogP contribution in [-0.2, 0) is 0 Å². The summed E-state index contributed by atoms with van der Waals surface area (Å²) in [6.07, 6.45) is 14.8. The Morgan fingerprint density at radius 1 is 1.11 bits per heavy atom. The number of hydrogen-bond donors (Lipinski definition) is 1. The minimum absolute atomic E-state index is 0.532. The summed E-state index contributed by atoms with van der Waals surface area (Å²) in [6, 6.07) is 0. The van der Waals surface area contributed by atoms with Gasteiger partial charge in [-0.05, 0) is 75.2 Å². The fourth-order valence-corrected chi connectivity index (χ4v) is 5.49. The van der Waals surface area contributed by atoms with E-state index in [0.717, 1.165) is 24.3 Å². The van der Waals surface area contributed by atoms with Gasteiger partial charge in [-0.15, -0.1) is 0 Å². The van der Waals surface area contributed by atoms with Crippen molar-refractivity contribution in [2.24, 2.45) is 17.8 Å². The summed E-state index contributed by atoms with van der Waals surface area (Å²) < 4.78 is 0. The second-order valence-electron chi connectivity index (χ2n) is 7.44. The third kappa shape index (κ3) is 1.79. The molecule has 0 spiro atoms. The molecule has 0 amide bonds. The molecule has 0 unspecified atom stereocenters. The SMILES string of the molecule is CC1=C(CNC23CC4CC(CC(C4)C2)C3)CC=C1. The van der Waals surface area contributed by atoms with Crippen LogP contribution in [0.2, 0.25) is 0 Å². The molecule has 1 nitrogen and oxygen atoms in total. The van der Waals surface area contributed by atoms with Crippen LogP contribution in [0, 0.1) is 17.8 Å². The molecule has 0 atom stereocenters. The van der Waals surface area contributed by atoms with Crippen LogP contribution in [0.25, 0.3) is 0 Å². The van der Waals surface area contributed by atoms with Gasteiger partial charge in [0.1, 0.15) is 0 Å². The van der Waals surface area contributed by atoms with E-state index in [1.54, 1.807) is 24.8 Å². The summed E-state index contributed by atoms with van der Waals surface area (Å²) in [4.78, 5) is 0. The first-order valence-electron chi connectivity index (χ1n) is 7.83. The molecule has 0 aliphatic heterocycles. The highest BCUT2D eigenvalue weighted by atomic mass is 15.0. The van der Waals surface area contributed by atoms with E-state index in [-0.39, 0.29) is 0 Å². The van der Waals surface area contributed by atoms with Gasteiger partial charge in [0.15, 0.2) is 0 Å². The van der Waals surface area contributed by atoms with Gasteiger partial charge in [0.2, 0.25) is 0 Å². The quantitative estimate of drug-likeness (QED) is 0.794. The Balaban J connectivity index is 1.46. The van der Waals surface area contributed by atoms with Gasteiger partial charge >= 0.3 is 0 Å². The molecule has 0 saturated heterocycles. The van der Waals surface area contributed by atoms with Crippen LogP contribution in [0.3, 0.4) is 0 Å². The molecule has 4 saturated carbocycles. The van der Waals surface area contributed by atoms with E-state index in [1.165, 1.54) is 31.3 Å². The van der Waals surface area contributed by atoms with Crippen molar-refractivity contribution in [1.29, 1.82) is 0 Å². The Kier molecular flexibility index (Phi) is 2.49. The van der Waals surface area contributed by atoms with Crippen molar-refractivity contribution in [2.75, 3.05) is 6.54 Å². The van der Waals surface area contributed by atoms with E-state index in [4.69, 9.17) is 0 Å². The Morgan fingerprint density at radius 3 is 2.22 bits per heavy atom. The predicted molar refractivity (Wildman–Crippen MR) is 75.4 cm³/mol. The van der Waals surface area contributed by atoms with Gasteiger partial charge in [-0.25, -0.2) is 0 Å². The lowest BCUT2D eigenvalue weighted by atomic mass is 9.53. The standard InChI is InChI=1S/C17H25N/c1-12-3-2-4-16(12)11-18-17-8-13-5-14(9-17)7-15(6-13)10-17/h2-3,13-15,18H,4-11H2,1H3. The van der Waals surface area contributed by atoms with Crippen LogP contribution in [-0.4, -0.2) is 12.1 Å². The first-order chi connectivity index (χ1) is 8.72. The maximum absolute atomic E-state index is 4.00. The summed E-state index contributed by atoms with van der Waals surface area (Å²) >= 11 is 0. The van der Waals surface area contributed by atoms with Gasteiger partial charge < -0.3 is 5.32 Å². The molecule has 4 fully saturated rings. The summed E-state index contributed by atoms with van der Waals surface area (Å²) in [6.45, 7) is 3.41. The highest BCUT2D eigenvalue weighted by molar-refractivity contribution is 5.33. The van der Waals surface area contributed by atoms with Crippen molar-refractivity contribution in [2.45, 2.75) is 57.4 Å². The predicted octanol–water partition coefficient (Wildman–Crippen LogP) is 3.82. The number of rotatable bonds is 3. The lowest BCUT2D eigenvalue weighted by Gasteiger charge is -2.57. The van der Waals surface area contributed by atoms with Gasteiger partial charge in [0.25, 0.3) is 0 Å². The summed E-state index contributed by atoms with van der Waals surface area (Å²) in [5.74, 6) is 3.17. The smallest absolute Gasteiger partial charge is 0.0192 e. The average Bonchev–Trinajstić information content (AvgIpc) is 2.70. The minimum atomic E-state index is 0.532. The average molecular weight is 243 g/mol. The van der Waals surface area contributed by atoms with Crippen molar-refractivity contribution in [1.82, 2.24) is 5.32 Å². The molecule has 0 aromatic rings. The van der Waals surface area contributed by atoms with Crippen LogP contribution in [0.5, 0.6) is 0 Å². The van der Waals surface area contributed by atoms with E-state index in [0.29, 0.717) is 5.54 Å². The van der Waals surface area contributed by atoms with E-state index >= 15 is 0 Å². The van der Waals surface area contributed by atoms with E-state index in [1.807, 2.05) is 0 Å². The van der Waals surface area contributed by atoms with Gasteiger partial charge in [-0.1, -0.05) is 17.7 Å². The molecule has 5 aliphatic carbocycles. The normalized spacial score (nSPS) is 45.3. The highest BCUT2D eigenvalue weighted by Crippen LogP contribution is 2.55. The number of hydrogen-bond acceptors (Lipinski definition) is 1. The first-order valence-corrected chi connectivity index (χ1v) is 7.83. The fraction of sp³-hybridized carbons (Fsp3) is 0.765. The zero-order valence-corrected chi connectivity index (χ0v) is 11.5. The molecule has 0 radical (unpaired) electrons. The molecular weight excluding hydrogens is 218 g/mol. The monoisotopic (exact) mass is 243 g/mol.